The van der Waals surface area contributed by atoms with Gasteiger partial charge in [-0.15, -0.1) is 0 Å². The number of hydrogen-bond donors (Lipinski definition) is 2. The van der Waals surface area contributed by atoms with Crippen molar-refractivity contribution in [3.8, 4) is 33.8 Å². The summed E-state index contributed by atoms with van der Waals surface area (Å²) < 4.78 is 0. The molecule has 0 amide bonds. The first kappa shape index (κ1) is 38.9. The fourth-order valence-corrected chi connectivity index (χ4v) is 7.02. The van der Waals surface area contributed by atoms with E-state index in [9.17, 15) is 10.2 Å². The van der Waals surface area contributed by atoms with Crippen LogP contribution >= 0.6 is 0 Å². The van der Waals surface area contributed by atoms with E-state index in [0.29, 0.717) is 11.5 Å². The van der Waals surface area contributed by atoms with E-state index in [0.717, 1.165) is 64.1 Å². The Bertz CT molecular complexity index is 1780. The highest BCUT2D eigenvalue weighted by atomic mass is 16.3. The Balaban J connectivity index is 1.43. The van der Waals surface area contributed by atoms with E-state index in [-0.39, 0.29) is 21.7 Å². The van der Waals surface area contributed by atoms with Gasteiger partial charge < -0.3 is 10.2 Å². The summed E-state index contributed by atoms with van der Waals surface area (Å²) in [5, 5.41) is 22.5. The summed E-state index contributed by atoms with van der Waals surface area (Å²) in [4.78, 5) is 2.51. The van der Waals surface area contributed by atoms with Gasteiger partial charge in [-0.3, -0.25) is 4.90 Å². The fraction of sp³-hybridized carbons (Fsp3) is 0.388. The van der Waals surface area contributed by atoms with Crippen LogP contribution in [0, 0.1) is 0 Å². The Morgan fingerprint density at radius 1 is 0.365 bits per heavy atom. The molecule has 0 saturated carbocycles. The fourth-order valence-electron chi connectivity index (χ4n) is 7.02. The van der Waals surface area contributed by atoms with Gasteiger partial charge in [-0.2, -0.15) is 0 Å². The summed E-state index contributed by atoms with van der Waals surface area (Å²) in [6.07, 6.45) is 0. The lowest BCUT2D eigenvalue weighted by molar-refractivity contribution is 0.248. The second-order valence-electron chi connectivity index (χ2n) is 18.9. The second-order valence-corrected chi connectivity index (χ2v) is 18.9. The lowest BCUT2D eigenvalue weighted by Crippen LogP contribution is -2.22. The molecule has 5 rings (SSSR count). The SMILES string of the molecule is CC(C)(C)c1cc(-c2ccc(CN(Cc3ccccc3)Cc3ccc(-c4cc(C(C)(C)C)c(O)c(C(C)(C)C)c4)cc3)cc2)cc(C(C)(C)C)c1O. The van der Waals surface area contributed by atoms with Crippen molar-refractivity contribution in [3.05, 3.63) is 142 Å². The van der Waals surface area contributed by atoms with Crippen LogP contribution in [0.25, 0.3) is 22.3 Å². The molecule has 0 heterocycles. The van der Waals surface area contributed by atoms with Crippen molar-refractivity contribution >= 4 is 0 Å². The Kier molecular flexibility index (Phi) is 10.9. The summed E-state index contributed by atoms with van der Waals surface area (Å²) in [5.74, 6) is 0.828. The summed E-state index contributed by atoms with van der Waals surface area (Å²) in [7, 11) is 0. The topological polar surface area (TPSA) is 43.7 Å². The van der Waals surface area contributed by atoms with Gasteiger partial charge in [0.2, 0.25) is 0 Å². The van der Waals surface area contributed by atoms with Crippen LogP contribution in [0.15, 0.2) is 103 Å². The quantitative estimate of drug-likeness (QED) is 0.170. The van der Waals surface area contributed by atoms with Crippen LogP contribution in [0.5, 0.6) is 11.5 Å². The van der Waals surface area contributed by atoms with Gasteiger partial charge in [-0.05, 0) is 84.9 Å². The predicted octanol–water partition coefficient (Wildman–Crippen LogP) is 12.8. The highest BCUT2D eigenvalue weighted by molar-refractivity contribution is 5.70. The molecule has 52 heavy (non-hydrogen) atoms. The Hall–Kier alpha value is -4.34. The third kappa shape index (κ3) is 9.17. The standard InChI is InChI=1S/C49H61NO2/c1-46(2,3)40-26-38(27-41(44(40)51)47(4,5)6)36-22-18-34(19-23-36)31-50(30-33-16-14-13-15-17-33)32-35-20-24-37(25-21-35)39-28-42(48(7,8)9)45(52)43(29-39)49(10,11)12/h13-29,51-52H,30-32H2,1-12H3. The van der Waals surface area contributed by atoms with Crippen LogP contribution in [0.3, 0.4) is 0 Å². The maximum absolute atomic E-state index is 11.3. The minimum atomic E-state index is -0.176. The maximum atomic E-state index is 11.3. The van der Waals surface area contributed by atoms with E-state index in [1.54, 1.807) is 0 Å². The molecule has 274 valence electrons. The number of phenolic OH excluding ortho intramolecular Hbond substituents is 2. The molecule has 0 atom stereocenters. The highest BCUT2D eigenvalue weighted by Gasteiger charge is 2.28. The Morgan fingerprint density at radius 3 is 0.904 bits per heavy atom. The zero-order valence-corrected chi connectivity index (χ0v) is 33.8. The van der Waals surface area contributed by atoms with Gasteiger partial charge in [0.05, 0.1) is 0 Å². The van der Waals surface area contributed by atoms with Crippen molar-refractivity contribution < 1.29 is 10.2 Å². The van der Waals surface area contributed by atoms with Gasteiger partial charge in [-0.1, -0.05) is 162 Å². The third-order valence-corrected chi connectivity index (χ3v) is 10.1. The van der Waals surface area contributed by atoms with Crippen molar-refractivity contribution in [2.75, 3.05) is 0 Å². The molecule has 3 nitrogen and oxygen atoms in total. The maximum Gasteiger partial charge on any atom is 0.123 e. The zero-order valence-electron chi connectivity index (χ0n) is 33.8. The molecule has 0 saturated heterocycles. The summed E-state index contributed by atoms with van der Waals surface area (Å²) in [5.41, 5.74) is 11.6. The lowest BCUT2D eigenvalue weighted by Gasteiger charge is -2.28. The largest absolute Gasteiger partial charge is 0.507 e. The molecule has 0 unspecified atom stereocenters. The van der Waals surface area contributed by atoms with Crippen LogP contribution in [0.2, 0.25) is 0 Å². The Labute approximate surface area is 314 Å². The van der Waals surface area contributed by atoms with Crippen LogP contribution in [0.1, 0.15) is 122 Å². The molecule has 5 aromatic rings. The summed E-state index contributed by atoms with van der Waals surface area (Å²) >= 11 is 0. The van der Waals surface area contributed by atoms with Crippen molar-refractivity contribution in [2.45, 2.75) is 124 Å². The first-order chi connectivity index (χ1) is 24.1. The smallest absolute Gasteiger partial charge is 0.123 e. The third-order valence-electron chi connectivity index (χ3n) is 10.1. The van der Waals surface area contributed by atoms with Gasteiger partial charge in [0, 0.05) is 41.9 Å². The normalized spacial score (nSPS) is 12.8. The first-order valence-corrected chi connectivity index (χ1v) is 18.8. The number of hydrogen-bond acceptors (Lipinski definition) is 3. The Morgan fingerprint density at radius 2 is 0.635 bits per heavy atom. The molecule has 0 fully saturated rings. The molecule has 0 aliphatic carbocycles. The average molecular weight is 696 g/mol. The van der Waals surface area contributed by atoms with Crippen LogP contribution in [-0.4, -0.2) is 15.1 Å². The van der Waals surface area contributed by atoms with Gasteiger partial charge in [-0.25, -0.2) is 0 Å². The van der Waals surface area contributed by atoms with Crippen molar-refractivity contribution in [1.29, 1.82) is 0 Å². The zero-order chi connectivity index (χ0) is 38.2. The van der Waals surface area contributed by atoms with Crippen molar-refractivity contribution in [1.82, 2.24) is 4.90 Å². The average Bonchev–Trinajstić information content (AvgIpc) is 3.04. The molecule has 0 radical (unpaired) electrons. The number of nitrogens with zero attached hydrogens (tertiary/aromatic N) is 1. The second kappa shape index (κ2) is 14.6. The van der Waals surface area contributed by atoms with E-state index in [1.165, 1.54) is 16.7 Å². The molecule has 5 aromatic carbocycles. The number of benzene rings is 5. The molecule has 0 bridgehead atoms. The predicted molar refractivity (Wildman–Crippen MR) is 221 cm³/mol. The van der Waals surface area contributed by atoms with E-state index < -0.39 is 0 Å². The number of aromatic hydroxyl groups is 2. The minimum Gasteiger partial charge on any atom is -0.507 e. The molecule has 0 aromatic heterocycles. The first-order valence-electron chi connectivity index (χ1n) is 18.8. The highest BCUT2D eigenvalue weighted by Crippen LogP contribution is 2.43. The summed E-state index contributed by atoms with van der Waals surface area (Å²) in [6, 6.07) is 37.3. The molecule has 3 heteroatoms. The summed E-state index contributed by atoms with van der Waals surface area (Å²) in [6.45, 7) is 28.4. The lowest BCUT2D eigenvalue weighted by atomic mass is 9.77. The molecule has 0 aliphatic rings. The van der Waals surface area contributed by atoms with Gasteiger partial charge in [0.1, 0.15) is 11.5 Å². The molecule has 0 spiro atoms. The van der Waals surface area contributed by atoms with Gasteiger partial charge in [0.25, 0.3) is 0 Å². The molecular formula is C49H61NO2. The van der Waals surface area contributed by atoms with Gasteiger partial charge in [0.15, 0.2) is 0 Å². The van der Waals surface area contributed by atoms with Crippen molar-refractivity contribution in [3.63, 3.8) is 0 Å². The van der Waals surface area contributed by atoms with Crippen LogP contribution in [0.4, 0.5) is 0 Å². The monoisotopic (exact) mass is 695 g/mol. The van der Waals surface area contributed by atoms with Gasteiger partial charge >= 0.3 is 0 Å². The van der Waals surface area contributed by atoms with E-state index >= 15 is 0 Å². The number of rotatable bonds is 8. The molecular weight excluding hydrogens is 635 g/mol. The van der Waals surface area contributed by atoms with E-state index in [1.807, 2.05) is 0 Å². The van der Waals surface area contributed by atoms with Crippen molar-refractivity contribution in [2.24, 2.45) is 0 Å². The van der Waals surface area contributed by atoms with Crippen LogP contribution in [-0.2, 0) is 41.3 Å². The minimum absolute atomic E-state index is 0.176. The molecule has 0 aliphatic heterocycles. The van der Waals surface area contributed by atoms with E-state index in [2.05, 4.69) is 191 Å². The van der Waals surface area contributed by atoms with Crippen LogP contribution < -0.4 is 0 Å². The number of phenols is 2. The molecule has 2 N–H and O–H groups in total. The van der Waals surface area contributed by atoms with E-state index in [4.69, 9.17) is 0 Å².